The molecule has 2 amide bonds. The third-order valence-corrected chi connectivity index (χ3v) is 9.34. The lowest BCUT2D eigenvalue weighted by atomic mass is 10.0. The van der Waals surface area contributed by atoms with Crippen molar-refractivity contribution in [1.29, 1.82) is 0 Å². The third kappa shape index (κ3) is 7.76. The predicted octanol–water partition coefficient (Wildman–Crippen LogP) is 5.67. The van der Waals surface area contributed by atoms with E-state index in [-0.39, 0.29) is 29.8 Å². The molecule has 0 bridgehead atoms. The first-order valence-corrected chi connectivity index (χ1v) is 15.7. The smallest absolute Gasteiger partial charge is 0.243 e. The number of carbonyl (C=O) groups is 2. The van der Waals surface area contributed by atoms with Gasteiger partial charge in [0.15, 0.2) is 0 Å². The van der Waals surface area contributed by atoms with E-state index in [1.807, 2.05) is 74.5 Å². The van der Waals surface area contributed by atoms with Crippen molar-refractivity contribution in [3.05, 3.63) is 113 Å². The maximum Gasteiger partial charge on any atom is 0.243 e. The van der Waals surface area contributed by atoms with Crippen LogP contribution in [0.3, 0.4) is 0 Å². The van der Waals surface area contributed by atoms with Gasteiger partial charge < -0.3 is 10.2 Å². The molecule has 0 radical (unpaired) electrons. The first-order valence-electron chi connectivity index (χ1n) is 13.9. The Morgan fingerprint density at radius 2 is 1.52 bits per heavy atom. The topological polar surface area (TPSA) is 86.8 Å². The molecule has 0 aliphatic heterocycles. The summed E-state index contributed by atoms with van der Waals surface area (Å²) in [7, 11) is -2.62. The lowest BCUT2D eigenvalue weighted by Crippen LogP contribution is -2.54. The maximum atomic E-state index is 14.0. The normalized spacial score (nSPS) is 13.1. The molecule has 0 heterocycles. The second-order valence-corrected chi connectivity index (χ2v) is 12.9. The molecule has 0 aliphatic carbocycles. The van der Waals surface area contributed by atoms with Crippen molar-refractivity contribution >= 4 is 44.2 Å². The van der Waals surface area contributed by atoms with E-state index in [0.29, 0.717) is 5.02 Å². The summed E-state index contributed by atoms with van der Waals surface area (Å²) in [4.78, 5) is 29.3. The number of hydrogen-bond donors (Lipinski definition) is 1. The van der Waals surface area contributed by atoms with E-state index in [0.717, 1.165) is 32.6 Å². The van der Waals surface area contributed by atoms with Crippen LogP contribution in [0.15, 0.2) is 102 Å². The van der Waals surface area contributed by atoms with Gasteiger partial charge in [-0.1, -0.05) is 91.3 Å². The van der Waals surface area contributed by atoms with Crippen LogP contribution in [0.5, 0.6) is 0 Å². The molecule has 0 spiro atoms. The zero-order valence-electron chi connectivity index (χ0n) is 24.0. The molecule has 0 aliphatic rings. The summed E-state index contributed by atoms with van der Waals surface area (Å²) >= 11 is 6.25. The van der Waals surface area contributed by atoms with Crippen molar-refractivity contribution in [3.8, 4) is 0 Å². The molecule has 1 N–H and O–H groups in total. The van der Waals surface area contributed by atoms with Crippen LogP contribution in [0.25, 0.3) is 10.8 Å². The van der Waals surface area contributed by atoms with Crippen molar-refractivity contribution in [1.82, 2.24) is 14.5 Å². The highest BCUT2D eigenvalue weighted by molar-refractivity contribution is 7.89. The van der Waals surface area contributed by atoms with Crippen molar-refractivity contribution < 1.29 is 18.0 Å². The Hall–Kier alpha value is -3.72. The van der Waals surface area contributed by atoms with Gasteiger partial charge in [-0.25, -0.2) is 8.42 Å². The van der Waals surface area contributed by atoms with Gasteiger partial charge in [0.1, 0.15) is 6.04 Å². The molecule has 4 aromatic carbocycles. The zero-order chi connectivity index (χ0) is 30.3. The minimum absolute atomic E-state index is 0.0781. The van der Waals surface area contributed by atoms with Crippen LogP contribution >= 0.6 is 11.6 Å². The summed E-state index contributed by atoms with van der Waals surface area (Å²) in [6.45, 7) is 3.51. The molecular formula is C33H36ClN3O4S. The lowest BCUT2D eigenvalue weighted by molar-refractivity contribution is -0.141. The number of carbonyl (C=O) groups excluding carboxylic acids is 2. The van der Waals surface area contributed by atoms with E-state index in [1.165, 1.54) is 11.9 Å². The number of benzene rings is 4. The summed E-state index contributed by atoms with van der Waals surface area (Å²) in [5.41, 5.74) is 1.60. The number of sulfonamides is 1. The van der Waals surface area contributed by atoms with Crippen molar-refractivity contribution in [2.75, 3.05) is 13.6 Å². The Labute approximate surface area is 253 Å². The van der Waals surface area contributed by atoms with Crippen LogP contribution in [-0.2, 0) is 32.6 Å². The third-order valence-electron chi connectivity index (χ3n) is 7.30. The second kappa shape index (κ2) is 14.0. The number of halogens is 1. The highest BCUT2D eigenvalue weighted by Crippen LogP contribution is 2.23. The second-order valence-electron chi connectivity index (χ2n) is 10.4. The Morgan fingerprint density at radius 1 is 0.857 bits per heavy atom. The van der Waals surface area contributed by atoms with Gasteiger partial charge in [0.2, 0.25) is 21.8 Å². The molecule has 42 heavy (non-hydrogen) atoms. The monoisotopic (exact) mass is 605 g/mol. The Bertz CT molecular complexity index is 1650. The molecule has 0 saturated carbocycles. The Kier molecular flexibility index (Phi) is 10.4. The first-order chi connectivity index (χ1) is 20.1. The molecule has 0 fully saturated rings. The van der Waals surface area contributed by atoms with E-state index in [2.05, 4.69) is 5.32 Å². The minimum Gasteiger partial charge on any atom is -0.352 e. The van der Waals surface area contributed by atoms with E-state index < -0.39 is 28.5 Å². The Morgan fingerprint density at radius 3 is 2.21 bits per heavy atom. The van der Waals surface area contributed by atoms with Gasteiger partial charge in [0.25, 0.3) is 0 Å². The maximum absolute atomic E-state index is 14.0. The number of likely N-dealkylation sites (N-methyl/N-ethyl adjacent to an activating group) is 1. The number of fused-ring (bicyclic) bond motifs is 1. The van der Waals surface area contributed by atoms with Crippen LogP contribution in [0.1, 0.15) is 31.4 Å². The van der Waals surface area contributed by atoms with Gasteiger partial charge >= 0.3 is 0 Å². The van der Waals surface area contributed by atoms with Crippen molar-refractivity contribution in [2.45, 2.75) is 50.2 Å². The van der Waals surface area contributed by atoms with Crippen LogP contribution in [0.4, 0.5) is 0 Å². The number of nitrogens with zero attached hydrogens (tertiary/aromatic N) is 2. The fourth-order valence-electron chi connectivity index (χ4n) is 4.70. The van der Waals surface area contributed by atoms with Crippen molar-refractivity contribution in [3.63, 3.8) is 0 Å². The van der Waals surface area contributed by atoms with E-state index in [1.54, 1.807) is 36.4 Å². The summed E-state index contributed by atoms with van der Waals surface area (Å²) in [6.07, 6.45) is 0.981. The summed E-state index contributed by atoms with van der Waals surface area (Å²) in [5.74, 6) is -0.800. The van der Waals surface area contributed by atoms with E-state index in [4.69, 9.17) is 11.6 Å². The molecule has 0 saturated heterocycles. The van der Waals surface area contributed by atoms with Gasteiger partial charge in [0, 0.05) is 31.1 Å². The van der Waals surface area contributed by atoms with E-state index >= 15 is 0 Å². The number of rotatable bonds is 12. The largest absolute Gasteiger partial charge is 0.352 e. The molecule has 4 rings (SSSR count). The quantitative estimate of drug-likeness (QED) is 0.225. The SMILES string of the molecule is CCC(C)NC(=O)C(Cc1ccccc1)N(Cc1cccc(Cl)c1)C(=O)CN(C)S(=O)(=O)c1ccc2ccccc2c1. The van der Waals surface area contributed by atoms with E-state index in [9.17, 15) is 18.0 Å². The molecule has 7 nitrogen and oxygen atoms in total. The standard InChI is InChI=1S/C33H36ClN3O4S/c1-4-24(2)35-33(39)31(20-25-11-6-5-7-12-25)37(22-26-13-10-16-29(34)19-26)32(38)23-36(3)42(40,41)30-18-17-27-14-8-9-15-28(27)21-30/h5-19,21,24,31H,4,20,22-23H2,1-3H3,(H,35,39). The predicted molar refractivity (Wildman–Crippen MR) is 168 cm³/mol. The van der Waals surface area contributed by atoms with Gasteiger partial charge in [-0.05, 0) is 59.5 Å². The van der Waals surface area contributed by atoms with Gasteiger partial charge in [-0.2, -0.15) is 4.31 Å². The fraction of sp³-hybridized carbons (Fsp3) is 0.273. The number of nitrogens with one attached hydrogen (secondary N) is 1. The summed E-state index contributed by atoms with van der Waals surface area (Å²) < 4.78 is 28.2. The molecule has 220 valence electrons. The number of hydrogen-bond acceptors (Lipinski definition) is 4. The molecule has 2 atom stereocenters. The van der Waals surface area contributed by atoms with Crippen LogP contribution in [0, 0.1) is 0 Å². The molecule has 2 unspecified atom stereocenters. The molecule has 9 heteroatoms. The van der Waals surface area contributed by atoms with Gasteiger partial charge in [0.05, 0.1) is 11.4 Å². The van der Waals surface area contributed by atoms with Crippen LogP contribution in [0.2, 0.25) is 5.02 Å². The highest BCUT2D eigenvalue weighted by Gasteiger charge is 2.33. The summed E-state index contributed by atoms with van der Waals surface area (Å²) in [5, 5.41) is 5.22. The summed E-state index contributed by atoms with van der Waals surface area (Å²) in [6, 6.07) is 27.9. The lowest BCUT2D eigenvalue weighted by Gasteiger charge is -2.33. The van der Waals surface area contributed by atoms with Gasteiger partial charge in [-0.15, -0.1) is 0 Å². The van der Waals surface area contributed by atoms with Crippen LogP contribution in [-0.4, -0.2) is 55.1 Å². The number of amides is 2. The van der Waals surface area contributed by atoms with Crippen LogP contribution < -0.4 is 5.32 Å². The highest BCUT2D eigenvalue weighted by atomic mass is 35.5. The van der Waals surface area contributed by atoms with Crippen molar-refractivity contribution in [2.24, 2.45) is 0 Å². The molecule has 4 aromatic rings. The molecule has 0 aromatic heterocycles. The minimum atomic E-state index is -4.00. The Balaban J connectivity index is 1.68. The zero-order valence-corrected chi connectivity index (χ0v) is 25.6. The van der Waals surface area contributed by atoms with Gasteiger partial charge in [-0.3, -0.25) is 9.59 Å². The first kappa shape index (κ1) is 31.2. The molecular weight excluding hydrogens is 570 g/mol. The average Bonchev–Trinajstić information content (AvgIpc) is 2.98. The average molecular weight is 606 g/mol. The fourth-order valence-corrected chi connectivity index (χ4v) is 6.07.